The second-order valence-electron chi connectivity index (χ2n) is 8.93. The number of aromatic nitrogens is 2. The minimum absolute atomic E-state index is 0.00243. The highest BCUT2D eigenvalue weighted by Crippen LogP contribution is 2.42. The molecule has 3 aromatic rings. The largest absolute Gasteiger partial charge is 0.393 e. The summed E-state index contributed by atoms with van der Waals surface area (Å²) < 4.78 is 29.0. The third-order valence-electron chi connectivity index (χ3n) is 6.78. The number of halogens is 2. The van der Waals surface area contributed by atoms with E-state index in [1.165, 1.54) is 18.2 Å². The van der Waals surface area contributed by atoms with Crippen molar-refractivity contribution in [3.05, 3.63) is 71.7 Å². The number of amides is 1. The molecule has 0 aliphatic heterocycles. The van der Waals surface area contributed by atoms with Crippen LogP contribution in [0.2, 0.25) is 0 Å². The van der Waals surface area contributed by atoms with Crippen LogP contribution in [-0.2, 0) is 0 Å². The molecule has 1 aliphatic carbocycles. The Morgan fingerprint density at radius 1 is 1.18 bits per heavy atom. The highest BCUT2D eigenvalue weighted by atomic mass is 31.0. The first kappa shape index (κ1) is 24.4. The molecule has 1 aliphatic rings. The van der Waals surface area contributed by atoms with E-state index in [4.69, 9.17) is 0 Å². The number of carbonyl (C=O) groups excluding carboxylic acids is 1. The number of benzene rings is 1. The predicted molar refractivity (Wildman–Crippen MR) is 132 cm³/mol. The zero-order chi connectivity index (χ0) is 24.4. The van der Waals surface area contributed by atoms with Gasteiger partial charge in [-0.3, -0.25) is 9.78 Å². The number of nitrogens with zero attached hydrogens (tertiary/aromatic N) is 2. The summed E-state index contributed by atoms with van der Waals surface area (Å²) in [5.74, 6) is -1.21. The summed E-state index contributed by atoms with van der Waals surface area (Å²) in [4.78, 5) is 21.4. The first-order valence-corrected chi connectivity index (χ1v) is 12.0. The van der Waals surface area contributed by atoms with Crippen molar-refractivity contribution in [3.8, 4) is 11.3 Å². The van der Waals surface area contributed by atoms with Crippen molar-refractivity contribution >= 4 is 26.1 Å². The number of nitrogens with one attached hydrogen (secondary N) is 1. The third-order valence-corrected chi connectivity index (χ3v) is 7.26. The number of carbonyl (C=O) groups is 1. The van der Waals surface area contributed by atoms with Crippen LogP contribution in [0, 0.1) is 23.5 Å². The van der Waals surface area contributed by atoms with Gasteiger partial charge in [0.25, 0.3) is 5.91 Å². The fraction of sp³-hybridized carbons (Fsp3) is 0.346. The summed E-state index contributed by atoms with van der Waals surface area (Å²) in [5.41, 5.74) is 1.15. The third kappa shape index (κ3) is 4.86. The van der Waals surface area contributed by atoms with Crippen molar-refractivity contribution in [2.45, 2.75) is 45.1 Å². The molecule has 5 atom stereocenters. The number of aliphatic hydroxyl groups excluding tert-OH is 1. The fourth-order valence-corrected chi connectivity index (χ4v) is 5.47. The molecule has 0 bridgehead atoms. The molecular formula is C26H28F2N3O2P. The molecule has 5 nitrogen and oxygen atoms in total. The Balaban J connectivity index is 1.62. The molecule has 1 aromatic carbocycles. The van der Waals surface area contributed by atoms with Gasteiger partial charge in [-0.15, -0.1) is 9.24 Å². The average Bonchev–Trinajstić information content (AvgIpc) is 2.80. The molecule has 2 aromatic heterocycles. The van der Waals surface area contributed by atoms with E-state index in [-0.39, 0.29) is 28.8 Å². The summed E-state index contributed by atoms with van der Waals surface area (Å²) in [6, 6.07) is 8.61. The molecule has 1 amide bonds. The fourth-order valence-electron chi connectivity index (χ4n) is 5.08. The van der Waals surface area contributed by atoms with Crippen molar-refractivity contribution in [2.24, 2.45) is 11.8 Å². The maximum absolute atomic E-state index is 14.5. The van der Waals surface area contributed by atoms with E-state index in [1.54, 1.807) is 18.5 Å². The second-order valence-corrected chi connectivity index (χ2v) is 9.56. The number of hydrogen-bond acceptors (Lipinski definition) is 4. The van der Waals surface area contributed by atoms with Crippen LogP contribution in [0.5, 0.6) is 0 Å². The molecule has 2 heterocycles. The first-order valence-electron chi connectivity index (χ1n) is 11.4. The van der Waals surface area contributed by atoms with Crippen LogP contribution >= 0.6 is 9.24 Å². The van der Waals surface area contributed by atoms with E-state index >= 15 is 0 Å². The van der Waals surface area contributed by atoms with E-state index in [2.05, 4.69) is 38.4 Å². The van der Waals surface area contributed by atoms with E-state index in [1.807, 2.05) is 6.07 Å². The van der Waals surface area contributed by atoms with Gasteiger partial charge < -0.3 is 10.4 Å². The molecule has 0 radical (unpaired) electrons. The van der Waals surface area contributed by atoms with Gasteiger partial charge in [0, 0.05) is 11.8 Å². The van der Waals surface area contributed by atoms with Crippen LogP contribution in [0.25, 0.3) is 11.3 Å². The van der Waals surface area contributed by atoms with E-state index in [9.17, 15) is 18.7 Å². The normalized spacial score (nSPS) is 22.4. The lowest BCUT2D eigenvalue weighted by molar-refractivity contribution is 0.0267. The minimum atomic E-state index is -0.719. The first-order chi connectivity index (χ1) is 16.3. The van der Waals surface area contributed by atoms with E-state index < -0.39 is 23.6 Å². The van der Waals surface area contributed by atoms with Crippen LogP contribution in [0.3, 0.4) is 0 Å². The molecular weight excluding hydrogens is 455 g/mol. The lowest BCUT2D eigenvalue weighted by Gasteiger charge is -2.38. The van der Waals surface area contributed by atoms with Gasteiger partial charge in [0.2, 0.25) is 0 Å². The Hall–Kier alpha value is -2.76. The zero-order valence-electron chi connectivity index (χ0n) is 19.1. The standard InChI is InChI=1S/C26H28F2N3O2P/c1-3-16-14(2)11-15(12-22(16)32)17-9-10-29-13-21(17)31-26(33)20-8-7-19(28)25(30-20)24-18(27)5-4-6-23(24)34/h4-10,13-16,22,32H,3,11-12,34H2,1-2H3,(H,31,33)/t14-,15+,16-,22+/m0/s1. The zero-order valence-corrected chi connectivity index (χ0v) is 20.3. The topological polar surface area (TPSA) is 75.1 Å². The van der Waals surface area contributed by atoms with Crippen LogP contribution in [0.1, 0.15) is 55.1 Å². The van der Waals surface area contributed by atoms with Crippen molar-refractivity contribution in [2.75, 3.05) is 5.32 Å². The lowest BCUT2D eigenvalue weighted by atomic mass is 9.70. The number of aliphatic hydroxyl groups is 1. The summed E-state index contributed by atoms with van der Waals surface area (Å²) in [6.07, 6.45) is 5.26. The van der Waals surface area contributed by atoms with Gasteiger partial charge in [0.1, 0.15) is 23.0 Å². The Labute approximate surface area is 200 Å². The maximum Gasteiger partial charge on any atom is 0.274 e. The molecule has 1 fully saturated rings. The molecule has 8 heteroatoms. The smallest absolute Gasteiger partial charge is 0.274 e. The monoisotopic (exact) mass is 483 g/mol. The molecule has 0 saturated heterocycles. The molecule has 1 unspecified atom stereocenters. The lowest BCUT2D eigenvalue weighted by Crippen LogP contribution is -2.34. The Morgan fingerprint density at radius 2 is 1.97 bits per heavy atom. The number of hydrogen-bond donors (Lipinski definition) is 2. The van der Waals surface area contributed by atoms with Gasteiger partial charge in [0.05, 0.1) is 18.0 Å². The molecule has 1 saturated carbocycles. The predicted octanol–water partition coefficient (Wildman–Crippen LogP) is 5.08. The molecule has 178 valence electrons. The van der Waals surface area contributed by atoms with Crippen molar-refractivity contribution in [3.63, 3.8) is 0 Å². The highest BCUT2D eigenvalue weighted by Gasteiger charge is 2.35. The van der Waals surface area contributed by atoms with Gasteiger partial charge in [-0.2, -0.15) is 0 Å². The van der Waals surface area contributed by atoms with Crippen molar-refractivity contribution in [1.29, 1.82) is 0 Å². The average molecular weight is 483 g/mol. The Kier molecular flexibility index (Phi) is 7.34. The molecule has 0 spiro atoms. The van der Waals surface area contributed by atoms with Gasteiger partial charge >= 0.3 is 0 Å². The van der Waals surface area contributed by atoms with E-state index in [0.717, 1.165) is 24.5 Å². The molecule has 4 rings (SSSR count). The number of anilines is 1. The summed E-state index contributed by atoms with van der Waals surface area (Å²) in [6.45, 7) is 4.24. The summed E-state index contributed by atoms with van der Waals surface area (Å²) in [5, 5.41) is 13.9. The quantitative estimate of drug-likeness (QED) is 0.497. The van der Waals surface area contributed by atoms with Gasteiger partial charge in [-0.1, -0.05) is 32.4 Å². The SMILES string of the molecule is CC[C@@H]1[C@H](O)C[C@H](c2ccncc2NC(=O)c2ccc(F)c(-c3c(F)cccc3P)n2)C[C@@H]1C. The Bertz CT molecular complexity index is 1170. The van der Waals surface area contributed by atoms with Crippen LogP contribution in [-0.4, -0.2) is 27.1 Å². The minimum Gasteiger partial charge on any atom is -0.393 e. The van der Waals surface area contributed by atoms with Crippen molar-refractivity contribution < 1.29 is 18.7 Å². The van der Waals surface area contributed by atoms with Gasteiger partial charge in [-0.25, -0.2) is 13.8 Å². The maximum atomic E-state index is 14.5. The Morgan fingerprint density at radius 3 is 2.68 bits per heavy atom. The van der Waals surface area contributed by atoms with Gasteiger partial charge in [-0.05, 0) is 65.7 Å². The molecule has 2 N–H and O–H groups in total. The van der Waals surface area contributed by atoms with Gasteiger partial charge in [0.15, 0.2) is 0 Å². The summed E-state index contributed by atoms with van der Waals surface area (Å²) >= 11 is 0. The second kappa shape index (κ2) is 10.2. The van der Waals surface area contributed by atoms with Crippen LogP contribution < -0.4 is 10.6 Å². The molecule has 34 heavy (non-hydrogen) atoms. The van der Waals surface area contributed by atoms with E-state index in [0.29, 0.717) is 23.3 Å². The van der Waals surface area contributed by atoms with Crippen molar-refractivity contribution in [1.82, 2.24) is 9.97 Å². The number of rotatable bonds is 5. The van der Waals surface area contributed by atoms with Crippen LogP contribution in [0.15, 0.2) is 48.8 Å². The highest BCUT2D eigenvalue weighted by molar-refractivity contribution is 7.28. The number of pyridine rings is 2. The van der Waals surface area contributed by atoms with Crippen LogP contribution in [0.4, 0.5) is 14.5 Å². The summed E-state index contributed by atoms with van der Waals surface area (Å²) in [7, 11) is 2.36.